The Balaban J connectivity index is 2.21. The number of rotatable bonds is 7. The monoisotopic (exact) mass is 374 g/mol. The van der Waals surface area contributed by atoms with Gasteiger partial charge in [0.1, 0.15) is 5.56 Å². The minimum absolute atomic E-state index is 0.0707. The Kier molecular flexibility index (Phi) is 6.07. The van der Waals surface area contributed by atoms with Gasteiger partial charge in [0.2, 0.25) is 5.78 Å². The summed E-state index contributed by atoms with van der Waals surface area (Å²) < 4.78 is 9.89. The van der Waals surface area contributed by atoms with E-state index in [4.69, 9.17) is 9.47 Å². The van der Waals surface area contributed by atoms with E-state index in [1.54, 1.807) is 20.8 Å². The lowest BCUT2D eigenvalue weighted by atomic mass is 10.1. The zero-order chi connectivity index (χ0) is 20.1. The molecule has 0 radical (unpaired) electrons. The third-order valence-corrected chi connectivity index (χ3v) is 3.79. The zero-order valence-electron chi connectivity index (χ0n) is 15.0. The number of ketones is 1. The van der Waals surface area contributed by atoms with E-state index in [0.717, 1.165) is 6.07 Å². The van der Waals surface area contributed by atoms with Crippen LogP contribution in [0.3, 0.4) is 0 Å². The fourth-order valence-corrected chi connectivity index (χ4v) is 2.67. The third kappa shape index (κ3) is 4.20. The van der Waals surface area contributed by atoms with E-state index in [9.17, 15) is 24.5 Å². The van der Waals surface area contributed by atoms with E-state index in [2.05, 4.69) is 4.98 Å². The van der Waals surface area contributed by atoms with Gasteiger partial charge in [-0.05, 0) is 26.8 Å². The highest BCUT2D eigenvalue weighted by Gasteiger charge is 2.27. The Labute approximate surface area is 154 Å². The lowest BCUT2D eigenvalue weighted by molar-refractivity contribution is -0.385. The van der Waals surface area contributed by atoms with Gasteiger partial charge in [-0.15, -0.1) is 0 Å². The van der Waals surface area contributed by atoms with Gasteiger partial charge in [0, 0.05) is 17.5 Å². The molecule has 2 rings (SSSR count). The van der Waals surface area contributed by atoms with Gasteiger partial charge in [-0.1, -0.05) is 12.1 Å². The van der Waals surface area contributed by atoms with Crippen molar-refractivity contribution in [2.24, 2.45) is 0 Å². The topological polar surface area (TPSA) is 129 Å². The molecule has 0 unspecified atom stereocenters. The fraction of sp³-hybridized carbons (Fsp3) is 0.278. The molecule has 1 N–H and O–H groups in total. The molecule has 9 nitrogen and oxygen atoms in total. The van der Waals surface area contributed by atoms with Gasteiger partial charge in [0.05, 0.1) is 22.7 Å². The number of H-pyrrole nitrogens is 1. The third-order valence-electron chi connectivity index (χ3n) is 3.79. The van der Waals surface area contributed by atoms with Crippen LogP contribution in [0, 0.1) is 24.0 Å². The number of nitro groups is 1. The largest absolute Gasteiger partial charge is 0.462 e. The Hall–Kier alpha value is -3.49. The fourth-order valence-electron chi connectivity index (χ4n) is 2.67. The normalized spacial score (nSPS) is 10.3. The summed E-state index contributed by atoms with van der Waals surface area (Å²) in [5.74, 6) is -2.28. The predicted molar refractivity (Wildman–Crippen MR) is 93.9 cm³/mol. The molecule has 27 heavy (non-hydrogen) atoms. The van der Waals surface area contributed by atoms with Crippen LogP contribution in [-0.2, 0) is 9.47 Å². The van der Waals surface area contributed by atoms with Crippen LogP contribution >= 0.6 is 0 Å². The van der Waals surface area contributed by atoms with Crippen molar-refractivity contribution in [3.05, 3.63) is 62.5 Å². The van der Waals surface area contributed by atoms with E-state index >= 15 is 0 Å². The lowest BCUT2D eigenvalue weighted by Gasteiger charge is -2.07. The average molecular weight is 374 g/mol. The highest BCUT2D eigenvalue weighted by molar-refractivity contribution is 6.09. The van der Waals surface area contributed by atoms with Gasteiger partial charge in [-0.25, -0.2) is 9.59 Å². The number of aromatic amines is 1. The maximum absolute atomic E-state index is 12.5. The molecule has 1 heterocycles. The molecule has 1 aromatic heterocycles. The standard InChI is InChI=1S/C18H18N2O7/c1-4-26-18(23)16-11(3)19-10(2)15(16)14(21)9-27-17(22)12-7-5-6-8-13(12)20(24)25/h5-8,19H,4,9H2,1-3H3. The number of nitro benzene ring substituents is 1. The first kappa shape index (κ1) is 19.8. The van der Waals surface area contributed by atoms with Crippen molar-refractivity contribution in [3.63, 3.8) is 0 Å². The molecule has 0 saturated heterocycles. The van der Waals surface area contributed by atoms with Crippen molar-refractivity contribution >= 4 is 23.4 Å². The van der Waals surface area contributed by atoms with Crippen molar-refractivity contribution in [3.8, 4) is 0 Å². The first-order valence-electron chi connectivity index (χ1n) is 8.07. The predicted octanol–water partition coefficient (Wildman–Crippen LogP) is 2.76. The maximum Gasteiger partial charge on any atom is 0.345 e. The summed E-state index contributed by atoms with van der Waals surface area (Å²) in [5, 5.41) is 11.0. The number of hydrogen-bond donors (Lipinski definition) is 1. The van der Waals surface area contributed by atoms with Crippen molar-refractivity contribution in [2.75, 3.05) is 13.2 Å². The number of hydrogen-bond acceptors (Lipinski definition) is 7. The van der Waals surface area contributed by atoms with E-state index < -0.39 is 34.9 Å². The number of nitrogens with one attached hydrogen (secondary N) is 1. The van der Waals surface area contributed by atoms with Gasteiger partial charge >= 0.3 is 11.9 Å². The Bertz CT molecular complexity index is 914. The maximum atomic E-state index is 12.5. The number of esters is 2. The Morgan fingerprint density at radius 1 is 1.04 bits per heavy atom. The second kappa shape index (κ2) is 8.26. The van der Waals surface area contributed by atoms with Crippen molar-refractivity contribution < 1.29 is 28.8 Å². The second-order valence-corrected chi connectivity index (χ2v) is 5.62. The zero-order valence-corrected chi connectivity index (χ0v) is 15.0. The van der Waals surface area contributed by atoms with Crippen LogP contribution in [0.15, 0.2) is 24.3 Å². The molecule has 0 bridgehead atoms. The highest BCUT2D eigenvalue weighted by Crippen LogP contribution is 2.22. The Morgan fingerprint density at radius 3 is 2.30 bits per heavy atom. The second-order valence-electron chi connectivity index (χ2n) is 5.62. The minimum atomic E-state index is -1.00. The van der Waals surface area contributed by atoms with Gasteiger partial charge in [-0.2, -0.15) is 0 Å². The average Bonchev–Trinajstić information content (AvgIpc) is 2.93. The van der Waals surface area contributed by atoms with Crippen LogP contribution in [0.25, 0.3) is 0 Å². The molecule has 0 amide bonds. The van der Waals surface area contributed by atoms with Crippen molar-refractivity contribution in [1.29, 1.82) is 0 Å². The number of benzene rings is 1. The first-order valence-corrected chi connectivity index (χ1v) is 8.07. The van der Waals surface area contributed by atoms with Crippen LogP contribution in [0.5, 0.6) is 0 Å². The van der Waals surface area contributed by atoms with Crippen LogP contribution < -0.4 is 0 Å². The van der Waals surface area contributed by atoms with Crippen LogP contribution in [0.1, 0.15) is 49.4 Å². The molecule has 0 aliphatic rings. The smallest absolute Gasteiger partial charge is 0.345 e. The van der Waals surface area contributed by atoms with Crippen LogP contribution in [0.4, 0.5) is 5.69 Å². The number of aryl methyl sites for hydroxylation is 2. The molecule has 2 aromatic rings. The first-order chi connectivity index (χ1) is 12.8. The number of carbonyl (C=O) groups excluding carboxylic acids is 3. The summed E-state index contributed by atoms with van der Waals surface area (Å²) >= 11 is 0. The van der Waals surface area contributed by atoms with E-state index in [-0.39, 0.29) is 23.3 Å². The summed E-state index contributed by atoms with van der Waals surface area (Å²) in [6.07, 6.45) is 0. The molecule has 142 valence electrons. The number of nitrogens with zero attached hydrogens (tertiary/aromatic N) is 1. The molecule has 0 saturated carbocycles. The summed E-state index contributed by atoms with van der Waals surface area (Å²) in [4.78, 5) is 49.9. The quantitative estimate of drug-likeness (QED) is 0.341. The van der Waals surface area contributed by atoms with Crippen molar-refractivity contribution in [2.45, 2.75) is 20.8 Å². The van der Waals surface area contributed by atoms with E-state index in [1.807, 2.05) is 0 Å². The molecular weight excluding hydrogens is 356 g/mol. The number of ether oxygens (including phenoxy) is 2. The van der Waals surface area contributed by atoms with E-state index in [0.29, 0.717) is 11.4 Å². The number of Topliss-reactive ketones (excluding diaryl/α,β-unsaturated/α-hetero) is 1. The molecule has 0 aliphatic heterocycles. The molecule has 0 spiro atoms. The highest BCUT2D eigenvalue weighted by atomic mass is 16.6. The van der Waals surface area contributed by atoms with Crippen LogP contribution in [-0.4, -0.2) is 40.8 Å². The summed E-state index contributed by atoms with van der Waals surface area (Å²) in [6.45, 7) is 4.34. The van der Waals surface area contributed by atoms with Gasteiger partial charge < -0.3 is 14.5 Å². The lowest BCUT2D eigenvalue weighted by Crippen LogP contribution is -2.18. The number of carbonyl (C=O) groups is 3. The summed E-state index contributed by atoms with van der Waals surface area (Å²) in [7, 11) is 0. The minimum Gasteiger partial charge on any atom is -0.462 e. The summed E-state index contributed by atoms with van der Waals surface area (Å²) in [6, 6.07) is 5.26. The van der Waals surface area contributed by atoms with Crippen LogP contribution in [0.2, 0.25) is 0 Å². The number of para-hydroxylation sites is 1. The molecule has 0 atom stereocenters. The molecule has 0 aliphatic carbocycles. The summed E-state index contributed by atoms with van der Waals surface area (Å²) in [5.41, 5.74) is 0.364. The van der Waals surface area contributed by atoms with Gasteiger partial charge in [0.15, 0.2) is 6.61 Å². The Morgan fingerprint density at radius 2 is 1.67 bits per heavy atom. The number of aromatic nitrogens is 1. The molecule has 9 heteroatoms. The van der Waals surface area contributed by atoms with Gasteiger partial charge in [-0.3, -0.25) is 14.9 Å². The molecule has 0 fully saturated rings. The van der Waals surface area contributed by atoms with Gasteiger partial charge in [0.25, 0.3) is 5.69 Å². The molecular formula is C18H18N2O7. The van der Waals surface area contributed by atoms with E-state index in [1.165, 1.54) is 18.2 Å². The SMILES string of the molecule is CCOC(=O)c1c(C)[nH]c(C)c1C(=O)COC(=O)c1ccccc1[N+](=O)[O-]. The van der Waals surface area contributed by atoms with Crippen molar-refractivity contribution in [1.82, 2.24) is 4.98 Å². The molecule has 1 aromatic carbocycles.